The second-order valence-electron chi connectivity index (χ2n) is 7.86. The first-order valence-corrected chi connectivity index (χ1v) is 12.1. The topological polar surface area (TPSA) is 88.4 Å². The molecule has 0 amide bonds. The van der Waals surface area contributed by atoms with Crippen LogP contribution in [0, 0.1) is 0 Å². The maximum atomic E-state index is 13.7. The van der Waals surface area contributed by atoms with Gasteiger partial charge in [0.15, 0.2) is 4.80 Å². The van der Waals surface area contributed by atoms with E-state index in [9.17, 15) is 18.4 Å². The Bertz CT molecular complexity index is 1530. The summed E-state index contributed by atoms with van der Waals surface area (Å²) >= 11 is 1.15. The van der Waals surface area contributed by atoms with Gasteiger partial charge in [-0.25, -0.2) is 9.79 Å². The van der Waals surface area contributed by atoms with Gasteiger partial charge in [-0.3, -0.25) is 9.36 Å². The molecule has 0 radical (unpaired) electrons. The molecule has 0 spiro atoms. The summed E-state index contributed by atoms with van der Waals surface area (Å²) < 4.78 is 47.3. The van der Waals surface area contributed by atoms with Crippen molar-refractivity contribution < 1.29 is 32.5 Å². The quantitative estimate of drug-likeness (QED) is 0.415. The van der Waals surface area contributed by atoms with Crippen molar-refractivity contribution in [1.29, 1.82) is 0 Å². The second-order valence-corrected chi connectivity index (χ2v) is 8.87. The third-order valence-electron chi connectivity index (χ3n) is 5.66. The van der Waals surface area contributed by atoms with Crippen molar-refractivity contribution in [2.75, 3.05) is 20.8 Å². The van der Waals surface area contributed by atoms with Crippen molar-refractivity contribution in [3.05, 3.63) is 84.5 Å². The number of ether oxygens (including phenoxy) is 4. The van der Waals surface area contributed by atoms with Crippen LogP contribution in [-0.2, 0) is 9.53 Å². The number of esters is 1. The van der Waals surface area contributed by atoms with Gasteiger partial charge in [-0.1, -0.05) is 23.5 Å². The van der Waals surface area contributed by atoms with Crippen molar-refractivity contribution >= 4 is 23.4 Å². The first kappa shape index (κ1) is 26.1. The molecule has 0 aliphatic carbocycles. The number of benzene rings is 2. The summed E-state index contributed by atoms with van der Waals surface area (Å²) in [5, 5.41) is 0. The monoisotopic (exact) mass is 530 g/mol. The summed E-state index contributed by atoms with van der Waals surface area (Å²) in [5.41, 5.74) is 1.42. The summed E-state index contributed by atoms with van der Waals surface area (Å²) in [6.45, 7) is 0.608. The Kier molecular flexibility index (Phi) is 7.72. The number of carbonyl (C=O) groups excluding carboxylic acids is 1. The third-order valence-corrected chi connectivity index (χ3v) is 6.64. The van der Waals surface area contributed by atoms with Gasteiger partial charge in [-0.2, -0.15) is 8.78 Å². The Morgan fingerprint density at radius 1 is 1.14 bits per heavy atom. The minimum atomic E-state index is -2.93. The lowest BCUT2D eigenvalue weighted by Gasteiger charge is -2.26. The van der Waals surface area contributed by atoms with Gasteiger partial charge >= 0.3 is 12.6 Å². The van der Waals surface area contributed by atoms with Gasteiger partial charge in [-0.05, 0) is 49.8 Å². The molecular weight excluding hydrogens is 506 g/mol. The fraction of sp³-hybridized carbons (Fsp3) is 0.269. The fourth-order valence-corrected chi connectivity index (χ4v) is 5.07. The molecule has 0 unspecified atom stereocenters. The number of aromatic nitrogens is 1. The van der Waals surface area contributed by atoms with Crippen LogP contribution in [0.15, 0.2) is 63.5 Å². The summed E-state index contributed by atoms with van der Waals surface area (Å²) in [7, 11) is 3.02. The number of methoxy groups -OCH3 is 2. The number of hydrogen-bond donors (Lipinski definition) is 0. The molecule has 1 aromatic heterocycles. The largest absolute Gasteiger partial charge is 0.497 e. The molecule has 1 aliphatic heterocycles. The van der Waals surface area contributed by atoms with Crippen LogP contribution < -0.4 is 29.1 Å². The molecule has 8 nitrogen and oxygen atoms in total. The highest BCUT2D eigenvalue weighted by Gasteiger charge is 2.35. The van der Waals surface area contributed by atoms with E-state index in [0.717, 1.165) is 11.3 Å². The van der Waals surface area contributed by atoms with Gasteiger partial charge in [0.05, 0.1) is 36.6 Å². The van der Waals surface area contributed by atoms with Crippen LogP contribution in [0.4, 0.5) is 8.78 Å². The van der Waals surface area contributed by atoms with Crippen molar-refractivity contribution in [1.82, 2.24) is 4.57 Å². The Morgan fingerprint density at radius 2 is 1.84 bits per heavy atom. The predicted octanol–water partition coefficient (Wildman–Crippen LogP) is 3.42. The van der Waals surface area contributed by atoms with Crippen LogP contribution in [0.1, 0.15) is 31.0 Å². The number of allylic oxidation sites excluding steroid dienone is 1. The van der Waals surface area contributed by atoms with Crippen molar-refractivity contribution in [2.45, 2.75) is 26.5 Å². The van der Waals surface area contributed by atoms with E-state index in [1.165, 1.54) is 30.9 Å². The van der Waals surface area contributed by atoms with E-state index in [-0.39, 0.29) is 23.5 Å². The Hall–Kier alpha value is -3.99. The minimum Gasteiger partial charge on any atom is -0.497 e. The molecule has 0 fully saturated rings. The molecule has 194 valence electrons. The zero-order valence-corrected chi connectivity index (χ0v) is 21.3. The highest BCUT2D eigenvalue weighted by Crippen LogP contribution is 2.37. The SMILES string of the molecule is CCOC(=O)C1=C(C)N=c2s/c(=C/c3ccc(OC(F)F)cc3)c(=O)n2[C@@H]1c1ccc(OC)cc1OC. The van der Waals surface area contributed by atoms with Crippen LogP contribution in [-0.4, -0.2) is 38.0 Å². The lowest BCUT2D eigenvalue weighted by Crippen LogP contribution is -2.40. The summed E-state index contributed by atoms with van der Waals surface area (Å²) in [6.07, 6.45) is 1.63. The van der Waals surface area contributed by atoms with Crippen molar-refractivity contribution in [3.8, 4) is 17.2 Å². The lowest BCUT2D eigenvalue weighted by atomic mass is 9.95. The first-order valence-electron chi connectivity index (χ1n) is 11.2. The standard InChI is InChI=1S/C26H24F2N2O6S/c1-5-35-24(32)21-14(2)29-26-30(22(21)18-11-10-17(33-3)13-19(18)34-4)23(31)20(37-26)12-15-6-8-16(9-7-15)36-25(27)28/h6-13,22,25H,5H2,1-4H3/b20-12+/t22-/m1/s1. The van der Waals surface area contributed by atoms with Crippen LogP contribution in [0.3, 0.4) is 0 Å². The molecule has 0 bridgehead atoms. The molecule has 1 aliphatic rings. The number of thiazole rings is 1. The van der Waals surface area contributed by atoms with E-state index >= 15 is 0 Å². The zero-order chi connectivity index (χ0) is 26.7. The number of nitrogens with zero attached hydrogens (tertiary/aromatic N) is 2. The van der Waals surface area contributed by atoms with Crippen molar-refractivity contribution in [3.63, 3.8) is 0 Å². The van der Waals surface area contributed by atoms with Gasteiger partial charge in [0.25, 0.3) is 5.56 Å². The van der Waals surface area contributed by atoms with Crippen LogP contribution in [0.25, 0.3) is 6.08 Å². The maximum Gasteiger partial charge on any atom is 0.387 e. The van der Waals surface area contributed by atoms with Crippen LogP contribution >= 0.6 is 11.3 Å². The van der Waals surface area contributed by atoms with Gasteiger partial charge in [-0.15, -0.1) is 0 Å². The van der Waals surface area contributed by atoms with Crippen LogP contribution in [0.5, 0.6) is 17.2 Å². The highest BCUT2D eigenvalue weighted by atomic mass is 32.1. The van der Waals surface area contributed by atoms with Crippen molar-refractivity contribution in [2.24, 2.45) is 4.99 Å². The molecule has 0 saturated carbocycles. The molecular formula is C26H24F2N2O6S. The fourth-order valence-electron chi connectivity index (χ4n) is 4.03. The second kappa shape index (κ2) is 11.0. The van der Waals surface area contributed by atoms with Gasteiger partial charge in [0.2, 0.25) is 0 Å². The number of fused-ring (bicyclic) bond motifs is 1. The van der Waals surface area contributed by atoms with E-state index in [2.05, 4.69) is 9.73 Å². The van der Waals surface area contributed by atoms with Gasteiger partial charge < -0.3 is 18.9 Å². The number of halogens is 2. The zero-order valence-electron chi connectivity index (χ0n) is 20.5. The van der Waals surface area contributed by atoms with E-state index in [0.29, 0.717) is 37.7 Å². The van der Waals surface area contributed by atoms with E-state index < -0.39 is 18.6 Å². The van der Waals surface area contributed by atoms with E-state index in [4.69, 9.17) is 14.2 Å². The normalized spacial score (nSPS) is 15.3. The summed E-state index contributed by atoms with van der Waals surface area (Å²) in [6, 6.07) is 10.2. The van der Waals surface area contributed by atoms with Crippen LogP contribution in [0.2, 0.25) is 0 Å². The molecule has 1 atom stereocenters. The number of hydrogen-bond acceptors (Lipinski definition) is 8. The number of rotatable bonds is 8. The average Bonchev–Trinajstić information content (AvgIpc) is 3.17. The van der Waals surface area contributed by atoms with E-state index in [1.54, 1.807) is 50.3 Å². The maximum absolute atomic E-state index is 13.7. The molecule has 0 N–H and O–H groups in total. The van der Waals surface area contributed by atoms with E-state index in [1.807, 2.05) is 0 Å². The molecule has 0 saturated heterocycles. The van der Waals surface area contributed by atoms with Gasteiger partial charge in [0.1, 0.15) is 23.3 Å². The molecule has 2 aromatic carbocycles. The predicted molar refractivity (Wildman–Crippen MR) is 133 cm³/mol. The molecule has 2 heterocycles. The third kappa shape index (κ3) is 5.26. The highest BCUT2D eigenvalue weighted by molar-refractivity contribution is 7.07. The first-order chi connectivity index (χ1) is 17.8. The summed E-state index contributed by atoms with van der Waals surface area (Å²) in [4.78, 5) is 31.7. The Morgan fingerprint density at radius 3 is 2.46 bits per heavy atom. The Labute approximate surface area is 214 Å². The average molecular weight is 531 g/mol. The Balaban J connectivity index is 1.90. The molecule has 37 heavy (non-hydrogen) atoms. The number of alkyl halides is 2. The summed E-state index contributed by atoms with van der Waals surface area (Å²) in [5.74, 6) is 0.390. The minimum absolute atomic E-state index is 0.00918. The molecule has 3 aromatic rings. The molecule has 4 rings (SSSR count). The lowest BCUT2D eigenvalue weighted by molar-refractivity contribution is -0.139. The number of carbonyl (C=O) groups is 1. The molecule has 11 heteroatoms. The smallest absolute Gasteiger partial charge is 0.387 e. The van der Waals surface area contributed by atoms with Gasteiger partial charge in [0, 0.05) is 11.6 Å².